The molecular weight excluding hydrogens is 475 g/mol. The van der Waals surface area contributed by atoms with Gasteiger partial charge in [0.15, 0.2) is 0 Å². The molecule has 0 radical (unpaired) electrons. The van der Waals surface area contributed by atoms with Crippen LogP contribution in [0, 0.1) is 5.82 Å². The number of amides is 2. The molecule has 1 aromatic heterocycles. The van der Waals surface area contributed by atoms with Crippen molar-refractivity contribution in [1.82, 2.24) is 15.0 Å². The number of rotatable bonds is 8. The van der Waals surface area contributed by atoms with Crippen LogP contribution in [0.2, 0.25) is 0 Å². The van der Waals surface area contributed by atoms with Crippen LogP contribution in [0.15, 0.2) is 71.8 Å². The van der Waals surface area contributed by atoms with Crippen LogP contribution in [0.5, 0.6) is 0 Å². The maximum atomic E-state index is 14.9. The highest BCUT2D eigenvalue weighted by atomic mass is 32.2. The summed E-state index contributed by atoms with van der Waals surface area (Å²) >= 11 is 0. The third-order valence-corrected chi connectivity index (χ3v) is 6.78. The van der Waals surface area contributed by atoms with Crippen molar-refractivity contribution in [2.24, 2.45) is 0 Å². The molecule has 2 heterocycles. The summed E-state index contributed by atoms with van der Waals surface area (Å²) in [6.07, 6.45) is 0.421. The second-order valence-corrected chi connectivity index (χ2v) is 9.65. The van der Waals surface area contributed by atoms with E-state index in [0.717, 1.165) is 0 Å². The quantitative estimate of drug-likeness (QED) is 0.493. The highest BCUT2D eigenvalue weighted by Gasteiger charge is 2.32. The van der Waals surface area contributed by atoms with Gasteiger partial charge in [-0.05, 0) is 48.0 Å². The zero-order valence-corrected chi connectivity index (χ0v) is 19.6. The minimum absolute atomic E-state index is 0.0410. The number of cyclic esters (lactones) is 1. The SMILES string of the molecule is CC(=O)NCC1CN(c2ccc(-c3ccc(S(=O)(=O)NCc4ccccn4)cc3)c(F)c2)C(=O)O1. The fourth-order valence-electron chi connectivity index (χ4n) is 3.57. The lowest BCUT2D eigenvalue weighted by Crippen LogP contribution is -2.33. The Balaban J connectivity index is 1.45. The number of hydrogen-bond acceptors (Lipinski definition) is 6. The van der Waals surface area contributed by atoms with Gasteiger partial charge in [0.25, 0.3) is 0 Å². The van der Waals surface area contributed by atoms with Crippen molar-refractivity contribution in [3.8, 4) is 11.1 Å². The first-order valence-corrected chi connectivity index (χ1v) is 12.2. The van der Waals surface area contributed by atoms with Gasteiger partial charge in [-0.3, -0.25) is 14.7 Å². The molecule has 35 heavy (non-hydrogen) atoms. The van der Waals surface area contributed by atoms with Crippen molar-refractivity contribution in [2.45, 2.75) is 24.5 Å². The number of nitrogens with one attached hydrogen (secondary N) is 2. The average Bonchev–Trinajstić information content (AvgIpc) is 3.23. The number of hydrogen-bond donors (Lipinski definition) is 2. The van der Waals surface area contributed by atoms with Crippen LogP contribution < -0.4 is 14.9 Å². The number of ether oxygens (including phenoxy) is 1. The lowest BCUT2D eigenvalue weighted by Gasteiger charge is -2.15. The van der Waals surface area contributed by atoms with Gasteiger partial charge < -0.3 is 10.1 Å². The van der Waals surface area contributed by atoms with Crippen molar-refractivity contribution >= 4 is 27.7 Å². The van der Waals surface area contributed by atoms with Crippen LogP contribution in [0.4, 0.5) is 14.9 Å². The zero-order valence-electron chi connectivity index (χ0n) is 18.8. The number of carbonyl (C=O) groups is 2. The van der Waals surface area contributed by atoms with Crippen molar-refractivity contribution in [3.63, 3.8) is 0 Å². The molecule has 0 bridgehead atoms. The van der Waals surface area contributed by atoms with Crippen LogP contribution in [0.25, 0.3) is 11.1 Å². The molecule has 11 heteroatoms. The Morgan fingerprint density at radius 3 is 2.60 bits per heavy atom. The molecule has 0 aliphatic carbocycles. The molecule has 3 aromatic rings. The largest absolute Gasteiger partial charge is 0.442 e. The predicted molar refractivity (Wildman–Crippen MR) is 126 cm³/mol. The van der Waals surface area contributed by atoms with E-state index in [2.05, 4.69) is 15.0 Å². The van der Waals surface area contributed by atoms with E-state index in [1.165, 1.54) is 48.2 Å². The number of pyridine rings is 1. The molecule has 1 aliphatic heterocycles. The standard InChI is InChI=1S/C24H23FN4O5S/c1-16(30)27-14-20-15-29(24(31)34-20)19-7-10-22(23(25)12-19)17-5-8-21(9-6-17)35(32,33)28-13-18-4-2-3-11-26-18/h2-12,20,28H,13-15H2,1H3,(H,27,30). The number of nitrogens with zero attached hydrogens (tertiary/aromatic N) is 2. The summed E-state index contributed by atoms with van der Waals surface area (Å²) < 4.78 is 47.8. The number of halogens is 1. The third kappa shape index (κ3) is 5.81. The van der Waals surface area contributed by atoms with Gasteiger partial charge >= 0.3 is 6.09 Å². The van der Waals surface area contributed by atoms with Crippen molar-refractivity contribution < 1.29 is 27.1 Å². The fourth-order valence-corrected chi connectivity index (χ4v) is 4.57. The van der Waals surface area contributed by atoms with E-state index in [-0.39, 0.29) is 36.0 Å². The minimum atomic E-state index is -3.77. The van der Waals surface area contributed by atoms with E-state index in [4.69, 9.17) is 4.74 Å². The summed E-state index contributed by atoms with van der Waals surface area (Å²) in [5, 5.41) is 2.59. The van der Waals surface area contributed by atoms with Crippen molar-refractivity contribution in [3.05, 3.63) is 78.4 Å². The van der Waals surface area contributed by atoms with E-state index in [1.807, 2.05) is 0 Å². The molecule has 182 valence electrons. The number of aromatic nitrogens is 1. The van der Waals surface area contributed by atoms with Crippen LogP contribution >= 0.6 is 0 Å². The van der Waals surface area contributed by atoms with Gasteiger partial charge in [-0.25, -0.2) is 22.3 Å². The van der Waals surface area contributed by atoms with Gasteiger partial charge in [0.2, 0.25) is 15.9 Å². The Hall–Kier alpha value is -3.83. The van der Waals surface area contributed by atoms with E-state index >= 15 is 0 Å². The van der Waals surface area contributed by atoms with Gasteiger partial charge in [0, 0.05) is 18.7 Å². The highest BCUT2D eigenvalue weighted by Crippen LogP contribution is 2.29. The van der Waals surface area contributed by atoms with Gasteiger partial charge in [-0.2, -0.15) is 0 Å². The molecule has 1 saturated heterocycles. The summed E-state index contributed by atoms with van der Waals surface area (Å²) in [5.41, 5.74) is 1.63. The van der Waals surface area contributed by atoms with Crippen molar-refractivity contribution in [2.75, 3.05) is 18.0 Å². The molecule has 4 rings (SSSR count). The first-order valence-electron chi connectivity index (χ1n) is 10.7. The van der Waals surface area contributed by atoms with E-state index < -0.39 is 28.0 Å². The molecule has 2 aromatic carbocycles. The van der Waals surface area contributed by atoms with E-state index in [0.29, 0.717) is 16.9 Å². The Morgan fingerprint density at radius 2 is 1.94 bits per heavy atom. The average molecular weight is 499 g/mol. The zero-order chi connectivity index (χ0) is 25.0. The summed E-state index contributed by atoms with van der Waals surface area (Å²) in [7, 11) is -3.77. The highest BCUT2D eigenvalue weighted by molar-refractivity contribution is 7.89. The molecule has 0 spiro atoms. The van der Waals surface area contributed by atoms with Gasteiger partial charge in [0.1, 0.15) is 11.9 Å². The van der Waals surface area contributed by atoms with Crippen LogP contribution in [0.3, 0.4) is 0 Å². The molecular formula is C24H23FN4O5S. The maximum Gasteiger partial charge on any atom is 0.414 e. The van der Waals surface area contributed by atoms with E-state index in [1.54, 1.807) is 30.5 Å². The molecule has 1 atom stereocenters. The van der Waals surface area contributed by atoms with Gasteiger partial charge in [-0.15, -0.1) is 0 Å². The molecule has 1 unspecified atom stereocenters. The lowest BCUT2D eigenvalue weighted by molar-refractivity contribution is -0.119. The smallest absolute Gasteiger partial charge is 0.414 e. The second-order valence-electron chi connectivity index (χ2n) is 7.89. The van der Waals surface area contributed by atoms with Crippen LogP contribution in [-0.2, 0) is 26.1 Å². The van der Waals surface area contributed by atoms with Crippen LogP contribution in [-0.4, -0.2) is 44.6 Å². The van der Waals surface area contributed by atoms with Gasteiger partial charge in [0.05, 0.1) is 35.9 Å². The molecule has 2 N–H and O–H groups in total. The Labute approximate surface area is 202 Å². The molecule has 2 amide bonds. The molecule has 9 nitrogen and oxygen atoms in total. The summed E-state index contributed by atoms with van der Waals surface area (Å²) in [6, 6.07) is 15.4. The minimum Gasteiger partial charge on any atom is -0.442 e. The first kappa shape index (κ1) is 24.3. The van der Waals surface area contributed by atoms with Gasteiger partial charge in [-0.1, -0.05) is 18.2 Å². The topological polar surface area (TPSA) is 118 Å². The Bertz CT molecular complexity index is 1330. The number of benzene rings is 2. The molecule has 1 aliphatic rings. The Morgan fingerprint density at radius 1 is 1.17 bits per heavy atom. The van der Waals surface area contributed by atoms with Crippen LogP contribution in [0.1, 0.15) is 12.6 Å². The Kier molecular flexibility index (Phi) is 7.08. The number of sulfonamides is 1. The summed E-state index contributed by atoms with van der Waals surface area (Å²) in [6.45, 7) is 1.76. The number of anilines is 1. The maximum absolute atomic E-state index is 14.9. The fraction of sp³-hybridized carbons (Fsp3) is 0.208. The monoisotopic (exact) mass is 498 g/mol. The molecule has 0 saturated carbocycles. The summed E-state index contributed by atoms with van der Waals surface area (Å²) in [4.78, 5) is 28.7. The molecule has 1 fully saturated rings. The third-order valence-electron chi connectivity index (χ3n) is 5.36. The second kappa shape index (κ2) is 10.2. The predicted octanol–water partition coefficient (Wildman–Crippen LogP) is 2.83. The number of carbonyl (C=O) groups excluding carboxylic acids is 2. The summed E-state index contributed by atoms with van der Waals surface area (Å²) in [5.74, 6) is -0.817. The van der Waals surface area contributed by atoms with E-state index in [9.17, 15) is 22.4 Å². The van der Waals surface area contributed by atoms with Crippen molar-refractivity contribution in [1.29, 1.82) is 0 Å². The normalized spacial score (nSPS) is 15.7. The first-order chi connectivity index (χ1) is 16.7. The lowest BCUT2D eigenvalue weighted by atomic mass is 10.0.